The molecule has 2 aromatic rings. The van der Waals surface area contributed by atoms with Crippen LogP contribution in [0.5, 0.6) is 28.7 Å². The van der Waals surface area contributed by atoms with Crippen LogP contribution in [0.3, 0.4) is 0 Å². The van der Waals surface area contributed by atoms with Crippen LogP contribution in [0.25, 0.3) is 12.2 Å². The molecule has 2 aromatic carbocycles. The smallest absolute Gasteiger partial charge is 0.412 e. The maximum Gasteiger partial charge on any atom is 0.412 e. The van der Waals surface area contributed by atoms with Gasteiger partial charge in [-0.05, 0) is 35.4 Å². The number of alkyl halides is 3. The molecule has 0 heterocycles. The lowest BCUT2D eigenvalue weighted by molar-refractivity contribution is -0.232. The monoisotopic (exact) mass is 495 g/mol. The first-order valence-electron chi connectivity index (χ1n) is 8.90. The van der Waals surface area contributed by atoms with Crippen molar-refractivity contribution in [1.82, 2.24) is 6.15 Å². The van der Waals surface area contributed by atoms with E-state index in [-0.39, 0.29) is 17.6 Å². The van der Waals surface area contributed by atoms with Gasteiger partial charge in [0.1, 0.15) is 0 Å². The highest BCUT2D eigenvalue weighted by Crippen LogP contribution is 2.45. The van der Waals surface area contributed by atoms with Crippen LogP contribution in [-0.4, -0.2) is 41.2 Å². The molecule has 0 aromatic heterocycles. The molecule has 2 rings (SSSR count). The molecule has 0 saturated heterocycles. The number of phosphoric acid groups is 1. The minimum Gasteiger partial charge on any atom is -0.746 e. The van der Waals surface area contributed by atoms with Gasteiger partial charge in [-0.1, -0.05) is 18.2 Å². The molecule has 0 spiro atoms. The first kappa shape index (κ1) is 28.1. The van der Waals surface area contributed by atoms with Crippen LogP contribution in [0.1, 0.15) is 11.1 Å². The van der Waals surface area contributed by atoms with Crippen molar-refractivity contribution in [2.75, 3.05) is 35.0 Å². The number of rotatable bonds is 10. The number of methoxy groups -OCH3 is 4. The van der Waals surface area contributed by atoms with Gasteiger partial charge in [-0.15, -0.1) is 0 Å². The fourth-order valence-electron chi connectivity index (χ4n) is 2.56. The first-order valence-corrected chi connectivity index (χ1v) is 10.4. The fourth-order valence-corrected chi connectivity index (χ4v) is 3.30. The quantitative estimate of drug-likeness (QED) is 0.371. The molecule has 0 aliphatic carbocycles. The molecular weight excluding hydrogens is 470 g/mol. The van der Waals surface area contributed by atoms with E-state index in [0.717, 1.165) is 0 Å². The summed E-state index contributed by atoms with van der Waals surface area (Å²) in [6, 6.07) is 7.64. The minimum atomic E-state index is -5.30. The Morgan fingerprint density at radius 1 is 0.848 bits per heavy atom. The van der Waals surface area contributed by atoms with Crippen molar-refractivity contribution in [3.8, 4) is 28.7 Å². The Hall–Kier alpha value is -2.92. The molecule has 0 fully saturated rings. The van der Waals surface area contributed by atoms with E-state index in [2.05, 4.69) is 9.05 Å². The molecule has 13 heteroatoms. The molecule has 184 valence electrons. The second kappa shape index (κ2) is 11.8. The third-order valence-electron chi connectivity index (χ3n) is 3.94. The van der Waals surface area contributed by atoms with Crippen molar-refractivity contribution in [2.24, 2.45) is 0 Å². The van der Waals surface area contributed by atoms with Crippen LogP contribution in [0.15, 0.2) is 30.3 Å². The van der Waals surface area contributed by atoms with Gasteiger partial charge in [0.05, 0.1) is 28.4 Å². The van der Waals surface area contributed by atoms with Crippen molar-refractivity contribution in [2.45, 2.75) is 6.18 Å². The third-order valence-corrected chi connectivity index (χ3v) is 4.81. The molecule has 33 heavy (non-hydrogen) atoms. The number of halogens is 3. The van der Waals surface area contributed by atoms with Crippen LogP contribution in [0.4, 0.5) is 13.2 Å². The molecule has 4 N–H and O–H groups in total. The van der Waals surface area contributed by atoms with Crippen LogP contribution >= 0.6 is 7.82 Å². The van der Waals surface area contributed by atoms with Crippen LogP contribution in [-0.2, 0) is 9.09 Å². The predicted octanol–water partition coefficient (Wildman–Crippen LogP) is 4.69. The molecule has 0 aliphatic heterocycles. The lowest BCUT2D eigenvalue weighted by Crippen LogP contribution is -2.20. The predicted molar refractivity (Wildman–Crippen MR) is 114 cm³/mol. The Morgan fingerprint density at radius 3 is 1.85 bits per heavy atom. The highest BCUT2D eigenvalue weighted by atomic mass is 31.2. The number of hydrogen-bond donors (Lipinski definition) is 1. The third kappa shape index (κ3) is 8.17. The van der Waals surface area contributed by atoms with Crippen LogP contribution < -0.4 is 34.5 Å². The molecule has 0 bridgehead atoms. The Bertz CT molecular complexity index is 988. The van der Waals surface area contributed by atoms with E-state index in [9.17, 15) is 22.6 Å². The summed E-state index contributed by atoms with van der Waals surface area (Å²) in [5.74, 6) is 0.928. The summed E-state index contributed by atoms with van der Waals surface area (Å²) >= 11 is 0. The summed E-state index contributed by atoms with van der Waals surface area (Å²) in [6.07, 6.45) is -1.55. The standard InChI is InChI=1S/C20H22F3O8P.H3N/c1-26-15-8-7-13(9-16(15)31-32(24,25)30-12-20(21,22)23)5-6-14-10-17(27-2)19(29-4)18(11-14)28-3;/h5-11H,12H2,1-4H3,(H,24,25);1H3/b6-5-;. The second-order valence-corrected chi connectivity index (χ2v) is 7.46. The SMILES string of the molecule is COc1ccc(/C=C\c2cc(OC)c(OC)c(OC)c2)cc1OP(=O)([O-])OCC(F)(F)F.[NH4+]. The van der Waals surface area contributed by atoms with E-state index in [1.807, 2.05) is 0 Å². The van der Waals surface area contributed by atoms with Gasteiger partial charge < -0.3 is 34.5 Å². The first-order chi connectivity index (χ1) is 15.0. The molecule has 0 aliphatic rings. The molecule has 1 atom stereocenters. The number of hydrogen-bond acceptors (Lipinski definition) is 8. The van der Waals surface area contributed by atoms with Crippen molar-refractivity contribution in [3.05, 3.63) is 41.5 Å². The second-order valence-electron chi connectivity index (χ2n) is 6.13. The zero-order valence-corrected chi connectivity index (χ0v) is 19.5. The number of ether oxygens (including phenoxy) is 4. The van der Waals surface area contributed by atoms with Gasteiger partial charge in [0.25, 0.3) is 0 Å². The maximum absolute atomic E-state index is 12.3. The van der Waals surface area contributed by atoms with Gasteiger partial charge >= 0.3 is 14.0 Å². The lowest BCUT2D eigenvalue weighted by atomic mass is 10.1. The number of benzene rings is 2. The van der Waals surface area contributed by atoms with Crippen molar-refractivity contribution < 1.29 is 50.6 Å². The normalized spacial score (nSPS) is 13.1. The Kier molecular flexibility index (Phi) is 10.1. The summed E-state index contributed by atoms with van der Waals surface area (Å²) in [4.78, 5) is 11.8. The minimum absolute atomic E-state index is 0. The zero-order chi connectivity index (χ0) is 23.9. The van der Waals surface area contributed by atoms with Crippen LogP contribution in [0, 0.1) is 0 Å². The molecule has 0 saturated carbocycles. The van der Waals surface area contributed by atoms with E-state index >= 15 is 0 Å². The van der Waals surface area contributed by atoms with Gasteiger partial charge in [-0.2, -0.15) is 13.2 Å². The average molecular weight is 495 g/mol. The number of quaternary nitrogens is 1. The summed E-state index contributed by atoms with van der Waals surface area (Å²) in [5.41, 5.74) is 1.13. The van der Waals surface area contributed by atoms with E-state index in [4.69, 9.17) is 18.9 Å². The highest BCUT2D eigenvalue weighted by Gasteiger charge is 2.31. The Balaban J connectivity index is 0.00000544. The van der Waals surface area contributed by atoms with Crippen LogP contribution in [0.2, 0.25) is 0 Å². The van der Waals surface area contributed by atoms with Gasteiger partial charge in [0.2, 0.25) is 5.75 Å². The fraction of sp³-hybridized carbons (Fsp3) is 0.300. The summed E-state index contributed by atoms with van der Waals surface area (Å²) in [5, 5.41) is 0. The van der Waals surface area contributed by atoms with E-state index in [0.29, 0.717) is 28.4 Å². The van der Waals surface area contributed by atoms with E-state index < -0.39 is 20.6 Å². The maximum atomic E-state index is 12.3. The van der Waals surface area contributed by atoms with Gasteiger partial charge in [0, 0.05) is 0 Å². The molecule has 0 amide bonds. The lowest BCUT2D eigenvalue weighted by Gasteiger charge is -2.24. The summed E-state index contributed by atoms with van der Waals surface area (Å²) < 4.78 is 77.9. The summed E-state index contributed by atoms with van der Waals surface area (Å²) in [7, 11) is 0.369. The highest BCUT2D eigenvalue weighted by molar-refractivity contribution is 7.46. The zero-order valence-electron chi connectivity index (χ0n) is 18.6. The topological polar surface area (TPSA) is 132 Å². The largest absolute Gasteiger partial charge is 0.746 e. The van der Waals surface area contributed by atoms with E-state index in [1.165, 1.54) is 40.6 Å². The number of phosphoric ester groups is 1. The Morgan fingerprint density at radius 2 is 1.36 bits per heavy atom. The molecule has 0 radical (unpaired) electrons. The Labute approximate surface area is 188 Å². The van der Waals surface area contributed by atoms with Gasteiger partial charge in [-0.3, -0.25) is 9.09 Å². The average Bonchev–Trinajstić information content (AvgIpc) is 2.75. The van der Waals surface area contributed by atoms with Gasteiger partial charge in [-0.25, -0.2) is 0 Å². The van der Waals surface area contributed by atoms with Crippen molar-refractivity contribution in [1.29, 1.82) is 0 Å². The van der Waals surface area contributed by atoms with Gasteiger partial charge in [0.15, 0.2) is 29.6 Å². The van der Waals surface area contributed by atoms with Crippen molar-refractivity contribution >= 4 is 20.0 Å². The summed E-state index contributed by atoms with van der Waals surface area (Å²) in [6.45, 7) is -2.00. The van der Waals surface area contributed by atoms with Crippen molar-refractivity contribution in [3.63, 3.8) is 0 Å². The molecular formula is C20H25F3NO8P. The van der Waals surface area contributed by atoms with E-state index in [1.54, 1.807) is 30.4 Å². The molecule has 1 unspecified atom stereocenters. The molecule has 9 nitrogen and oxygen atoms in total.